The van der Waals surface area contributed by atoms with E-state index >= 15 is 0 Å². The summed E-state index contributed by atoms with van der Waals surface area (Å²) in [5, 5.41) is 2.73. The highest BCUT2D eigenvalue weighted by Gasteiger charge is 2.24. The lowest BCUT2D eigenvalue weighted by atomic mass is 10.3. The van der Waals surface area contributed by atoms with Crippen molar-refractivity contribution in [2.45, 2.75) is 6.61 Å². The second-order valence-electron chi connectivity index (χ2n) is 6.93. The SMILES string of the molecule is Nc1nccc(COc2cccnc2N2CCN(C(=O)Nc3cccc(F)c3)CC2)n1. The number of carbonyl (C=O) groups is 1. The van der Waals surface area contributed by atoms with Gasteiger partial charge in [0.25, 0.3) is 0 Å². The van der Waals surface area contributed by atoms with Gasteiger partial charge < -0.3 is 25.6 Å². The molecule has 0 radical (unpaired) electrons. The van der Waals surface area contributed by atoms with E-state index in [1.165, 1.54) is 12.1 Å². The first-order valence-electron chi connectivity index (χ1n) is 9.80. The Kier molecular flexibility index (Phi) is 6.06. The maximum atomic E-state index is 13.3. The largest absolute Gasteiger partial charge is 0.483 e. The van der Waals surface area contributed by atoms with Crippen LogP contribution in [0.3, 0.4) is 0 Å². The molecule has 1 aromatic carbocycles. The zero-order valence-electron chi connectivity index (χ0n) is 16.7. The zero-order valence-corrected chi connectivity index (χ0v) is 16.7. The van der Waals surface area contributed by atoms with Crippen LogP contribution in [0.4, 0.5) is 26.6 Å². The summed E-state index contributed by atoms with van der Waals surface area (Å²) in [6, 6.07) is 11.0. The van der Waals surface area contributed by atoms with Crippen LogP contribution < -0.4 is 20.7 Å². The minimum atomic E-state index is -0.394. The molecule has 31 heavy (non-hydrogen) atoms. The number of aromatic nitrogens is 3. The molecular formula is C21H22FN7O2. The van der Waals surface area contributed by atoms with E-state index in [0.717, 1.165) is 0 Å². The van der Waals surface area contributed by atoms with Gasteiger partial charge in [0.2, 0.25) is 5.95 Å². The van der Waals surface area contributed by atoms with Crippen molar-refractivity contribution in [2.24, 2.45) is 0 Å². The van der Waals surface area contributed by atoms with Crippen molar-refractivity contribution < 1.29 is 13.9 Å². The quantitative estimate of drug-likeness (QED) is 0.649. The monoisotopic (exact) mass is 423 g/mol. The number of nitrogens with one attached hydrogen (secondary N) is 1. The summed E-state index contributed by atoms with van der Waals surface area (Å²) in [7, 11) is 0. The number of halogens is 1. The van der Waals surface area contributed by atoms with Gasteiger partial charge in [-0.3, -0.25) is 0 Å². The van der Waals surface area contributed by atoms with Crippen molar-refractivity contribution >= 4 is 23.5 Å². The molecule has 2 amide bonds. The van der Waals surface area contributed by atoms with Crippen LogP contribution in [-0.2, 0) is 6.61 Å². The highest BCUT2D eigenvalue weighted by atomic mass is 19.1. The van der Waals surface area contributed by atoms with Gasteiger partial charge in [-0.1, -0.05) is 6.07 Å². The number of nitrogens with zero attached hydrogens (tertiary/aromatic N) is 5. The molecule has 0 atom stereocenters. The Morgan fingerprint density at radius 2 is 1.94 bits per heavy atom. The van der Waals surface area contributed by atoms with Gasteiger partial charge in [0.1, 0.15) is 12.4 Å². The lowest BCUT2D eigenvalue weighted by Crippen LogP contribution is -2.50. The van der Waals surface area contributed by atoms with E-state index in [4.69, 9.17) is 10.5 Å². The molecule has 0 bridgehead atoms. The average Bonchev–Trinajstić information content (AvgIpc) is 2.78. The second-order valence-corrected chi connectivity index (χ2v) is 6.93. The van der Waals surface area contributed by atoms with Crippen LogP contribution in [0, 0.1) is 5.82 Å². The zero-order chi connectivity index (χ0) is 21.6. The molecular weight excluding hydrogens is 401 g/mol. The first-order valence-corrected chi connectivity index (χ1v) is 9.80. The molecule has 3 N–H and O–H groups in total. The maximum absolute atomic E-state index is 13.3. The van der Waals surface area contributed by atoms with Crippen molar-refractivity contribution in [3.63, 3.8) is 0 Å². The van der Waals surface area contributed by atoms with Gasteiger partial charge in [-0.2, -0.15) is 0 Å². The number of ether oxygens (including phenoxy) is 1. The number of piperazine rings is 1. The summed E-state index contributed by atoms with van der Waals surface area (Å²) in [6.07, 6.45) is 3.28. The number of amides is 2. The Bertz CT molecular complexity index is 1060. The lowest BCUT2D eigenvalue weighted by Gasteiger charge is -2.35. The van der Waals surface area contributed by atoms with E-state index in [9.17, 15) is 9.18 Å². The molecule has 1 aliphatic rings. The van der Waals surface area contributed by atoms with E-state index < -0.39 is 5.82 Å². The molecule has 2 aromatic heterocycles. The third kappa shape index (κ3) is 5.16. The summed E-state index contributed by atoms with van der Waals surface area (Å²) >= 11 is 0. The fourth-order valence-corrected chi connectivity index (χ4v) is 3.27. The number of nitrogen functional groups attached to an aromatic ring is 1. The molecule has 0 saturated carbocycles. The number of nitrogens with two attached hydrogens (primary N) is 1. The Labute approximate surface area is 178 Å². The Morgan fingerprint density at radius 1 is 1.10 bits per heavy atom. The maximum Gasteiger partial charge on any atom is 0.321 e. The van der Waals surface area contributed by atoms with E-state index in [0.29, 0.717) is 49.1 Å². The molecule has 4 rings (SSSR count). The van der Waals surface area contributed by atoms with E-state index in [1.54, 1.807) is 41.6 Å². The van der Waals surface area contributed by atoms with Crippen LogP contribution >= 0.6 is 0 Å². The number of hydrogen-bond acceptors (Lipinski definition) is 7. The average molecular weight is 423 g/mol. The van der Waals surface area contributed by atoms with Gasteiger partial charge >= 0.3 is 6.03 Å². The van der Waals surface area contributed by atoms with Crippen molar-refractivity contribution in [3.8, 4) is 5.75 Å². The molecule has 0 aliphatic carbocycles. The number of rotatable bonds is 5. The molecule has 1 fully saturated rings. The molecule has 3 aromatic rings. The topological polar surface area (TPSA) is 109 Å². The van der Waals surface area contributed by atoms with Crippen molar-refractivity contribution in [2.75, 3.05) is 42.1 Å². The molecule has 10 heteroatoms. The normalized spacial score (nSPS) is 13.7. The Morgan fingerprint density at radius 3 is 2.71 bits per heavy atom. The third-order valence-electron chi connectivity index (χ3n) is 4.80. The fourth-order valence-electron chi connectivity index (χ4n) is 3.27. The third-order valence-corrected chi connectivity index (χ3v) is 4.80. The second kappa shape index (κ2) is 9.24. The minimum absolute atomic E-state index is 0.195. The van der Waals surface area contributed by atoms with Crippen molar-refractivity contribution in [3.05, 3.63) is 66.4 Å². The van der Waals surface area contributed by atoms with E-state index in [1.807, 2.05) is 6.07 Å². The summed E-state index contributed by atoms with van der Waals surface area (Å²) in [6.45, 7) is 2.41. The molecule has 1 aliphatic heterocycles. The van der Waals surface area contributed by atoms with Gasteiger partial charge in [-0.15, -0.1) is 0 Å². The minimum Gasteiger partial charge on any atom is -0.483 e. The van der Waals surface area contributed by atoms with Gasteiger partial charge in [0, 0.05) is 44.3 Å². The van der Waals surface area contributed by atoms with Crippen LogP contribution in [0.15, 0.2) is 54.9 Å². The number of benzene rings is 1. The highest BCUT2D eigenvalue weighted by Crippen LogP contribution is 2.27. The predicted octanol–water partition coefficient (Wildman–Crippen LogP) is 2.53. The standard InChI is InChI=1S/C21H22FN7O2/c22-15-3-1-4-16(13-15)27-21(30)29-11-9-28(10-12-29)19-18(5-2-7-24-19)31-14-17-6-8-25-20(23)26-17/h1-8,13H,9-12,14H2,(H,27,30)(H2,23,25,26). The lowest BCUT2D eigenvalue weighted by molar-refractivity contribution is 0.208. The summed E-state index contributed by atoms with van der Waals surface area (Å²) in [5.41, 5.74) is 6.71. The molecule has 0 unspecified atom stereocenters. The van der Waals surface area contributed by atoms with Gasteiger partial charge in [-0.05, 0) is 36.4 Å². The summed E-state index contributed by atoms with van der Waals surface area (Å²) in [4.78, 5) is 28.7. The number of hydrogen-bond donors (Lipinski definition) is 2. The van der Waals surface area contributed by atoms with Crippen molar-refractivity contribution in [1.29, 1.82) is 0 Å². The number of pyridine rings is 1. The smallest absolute Gasteiger partial charge is 0.321 e. The first-order chi connectivity index (χ1) is 15.1. The molecule has 160 valence electrons. The number of anilines is 3. The van der Waals surface area contributed by atoms with Crippen LogP contribution in [0.25, 0.3) is 0 Å². The van der Waals surface area contributed by atoms with Gasteiger partial charge in [0.05, 0.1) is 5.69 Å². The van der Waals surface area contributed by atoms with Gasteiger partial charge in [0.15, 0.2) is 11.6 Å². The van der Waals surface area contributed by atoms with Gasteiger partial charge in [-0.25, -0.2) is 24.1 Å². The highest BCUT2D eigenvalue weighted by molar-refractivity contribution is 5.89. The molecule has 9 nitrogen and oxygen atoms in total. The molecule has 1 saturated heterocycles. The van der Waals surface area contributed by atoms with Crippen LogP contribution in [-0.4, -0.2) is 52.1 Å². The van der Waals surface area contributed by atoms with Crippen LogP contribution in [0.5, 0.6) is 5.75 Å². The van der Waals surface area contributed by atoms with Crippen LogP contribution in [0.1, 0.15) is 5.69 Å². The fraction of sp³-hybridized carbons (Fsp3) is 0.238. The van der Waals surface area contributed by atoms with Crippen LogP contribution in [0.2, 0.25) is 0 Å². The first kappa shape index (κ1) is 20.3. The molecule has 0 spiro atoms. The van der Waals surface area contributed by atoms with Crippen molar-refractivity contribution in [1.82, 2.24) is 19.9 Å². The predicted molar refractivity (Wildman–Crippen MR) is 114 cm³/mol. The van der Waals surface area contributed by atoms with E-state index in [2.05, 4.69) is 25.2 Å². The number of urea groups is 1. The Hall–Kier alpha value is -3.95. The number of carbonyl (C=O) groups excluding carboxylic acids is 1. The van der Waals surface area contributed by atoms with E-state index in [-0.39, 0.29) is 18.6 Å². The summed E-state index contributed by atoms with van der Waals surface area (Å²) in [5.74, 6) is 1.13. The molecule has 3 heterocycles. The Balaban J connectivity index is 1.36. The summed E-state index contributed by atoms with van der Waals surface area (Å²) < 4.78 is 19.2.